The first-order valence-corrected chi connectivity index (χ1v) is 5.82. The van der Waals surface area contributed by atoms with Gasteiger partial charge in [0.1, 0.15) is 0 Å². The molecular formula is C12H26N2O2. The summed E-state index contributed by atoms with van der Waals surface area (Å²) in [5, 5.41) is 12.0. The molecule has 0 saturated heterocycles. The summed E-state index contributed by atoms with van der Waals surface area (Å²) in [6, 6.07) is -0.174. The van der Waals surface area contributed by atoms with Crippen molar-refractivity contribution in [3.63, 3.8) is 0 Å². The minimum absolute atomic E-state index is 0.0556. The Kier molecular flexibility index (Phi) is 5.42. The maximum atomic E-state index is 11.7. The Bertz CT molecular complexity index is 230. The molecule has 0 rings (SSSR count). The molecule has 4 nitrogen and oxygen atoms in total. The van der Waals surface area contributed by atoms with Gasteiger partial charge in [-0.15, -0.1) is 0 Å². The Balaban J connectivity index is 4.29. The van der Waals surface area contributed by atoms with Crippen LogP contribution in [0.15, 0.2) is 0 Å². The lowest BCUT2D eigenvalue weighted by Gasteiger charge is -2.30. The molecule has 4 heteroatoms. The number of hydrogen-bond donors (Lipinski definition) is 3. The Labute approximate surface area is 98.6 Å². The molecule has 0 saturated carbocycles. The third kappa shape index (κ3) is 4.94. The summed E-state index contributed by atoms with van der Waals surface area (Å²) in [7, 11) is 0. The Hall–Kier alpha value is -0.610. The Morgan fingerprint density at radius 3 is 2.19 bits per heavy atom. The highest BCUT2D eigenvalue weighted by Crippen LogP contribution is 2.20. The smallest absolute Gasteiger partial charge is 0.222 e. The summed E-state index contributed by atoms with van der Waals surface area (Å²) in [6.07, 6.45) is 0.985. The minimum atomic E-state index is -0.533. The van der Waals surface area contributed by atoms with Crippen LogP contribution in [0.4, 0.5) is 0 Å². The van der Waals surface area contributed by atoms with Gasteiger partial charge in [0.2, 0.25) is 5.91 Å². The van der Waals surface area contributed by atoms with E-state index in [1.165, 1.54) is 0 Å². The van der Waals surface area contributed by atoms with Gasteiger partial charge in [-0.25, -0.2) is 0 Å². The molecule has 0 aliphatic heterocycles. The zero-order valence-corrected chi connectivity index (χ0v) is 11.1. The van der Waals surface area contributed by atoms with Gasteiger partial charge in [-0.05, 0) is 18.8 Å². The fraction of sp³-hybridized carbons (Fsp3) is 0.917. The third-order valence-corrected chi connectivity index (χ3v) is 3.09. The molecule has 0 aromatic carbocycles. The van der Waals surface area contributed by atoms with Crippen LogP contribution in [0.5, 0.6) is 0 Å². The molecule has 1 amide bonds. The monoisotopic (exact) mass is 230 g/mol. The van der Waals surface area contributed by atoms with Gasteiger partial charge in [0, 0.05) is 12.5 Å². The van der Waals surface area contributed by atoms with Crippen LogP contribution in [0.1, 0.15) is 47.5 Å². The molecule has 2 unspecified atom stereocenters. The van der Waals surface area contributed by atoms with E-state index in [9.17, 15) is 9.90 Å². The zero-order valence-electron chi connectivity index (χ0n) is 11.1. The maximum absolute atomic E-state index is 11.7. The third-order valence-electron chi connectivity index (χ3n) is 3.09. The fourth-order valence-corrected chi connectivity index (χ4v) is 1.13. The van der Waals surface area contributed by atoms with Gasteiger partial charge in [0.15, 0.2) is 0 Å². The molecule has 0 aromatic rings. The largest absolute Gasteiger partial charge is 0.394 e. The quantitative estimate of drug-likeness (QED) is 0.660. The SMILES string of the molecule is CCC(C)(CO)NC(=O)CC(N)C(C)(C)C. The predicted molar refractivity (Wildman–Crippen MR) is 66.0 cm³/mol. The van der Waals surface area contributed by atoms with Crippen LogP contribution in [-0.2, 0) is 4.79 Å². The summed E-state index contributed by atoms with van der Waals surface area (Å²) < 4.78 is 0. The number of aliphatic hydroxyl groups is 1. The van der Waals surface area contributed by atoms with Gasteiger partial charge in [-0.3, -0.25) is 4.79 Å². The lowest BCUT2D eigenvalue weighted by molar-refractivity contribution is -0.124. The van der Waals surface area contributed by atoms with Crippen LogP contribution in [-0.4, -0.2) is 29.2 Å². The van der Waals surface area contributed by atoms with Crippen LogP contribution >= 0.6 is 0 Å². The Morgan fingerprint density at radius 1 is 1.38 bits per heavy atom. The molecule has 0 heterocycles. The topological polar surface area (TPSA) is 75.3 Å². The second kappa shape index (κ2) is 5.64. The Morgan fingerprint density at radius 2 is 1.88 bits per heavy atom. The van der Waals surface area contributed by atoms with Gasteiger partial charge in [-0.2, -0.15) is 0 Å². The average molecular weight is 230 g/mol. The summed E-state index contributed by atoms with van der Waals surface area (Å²) in [6.45, 7) is 9.73. The van der Waals surface area contributed by atoms with Crippen molar-refractivity contribution in [1.82, 2.24) is 5.32 Å². The van der Waals surface area contributed by atoms with E-state index in [0.29, 0.717) is 12.8 Å². The van der Waals surface area contributed by atoms with Gasteiger partial charge < -0.3 is 16.2 Å². The van der Waals surface area contributed by atoms with E-state index in [1.807, 2.05) is 34.6 Å². The van der Waals surface area contributed by atoms with E-state index in [1.54, 1.807) is 0 Å². The first-order chi connectivity index (χ1) is 7.14. The van der Waals surface area contributed by atoms with Crippen LogP contribution in [0.3, 0.4) is 0 Å². The number of nitrogens with two attached hydrogens (primary N) is 1. The van der Waals surface area contributed by atoms with E-state index in [0.717, 1.165) is 0 Å². The van der Waals surface area contributed by atoms with Crippen molar-refractivity contribution in [2.24, 2.45) is 11.1 Å². The van der Waals surface area contributed by atoms with Crippen molar-refractivity contribution in [2.75, 3.05) is 6.61 Å². The number of nitrogens with one attached hydrogen (secondary N) is 1. The maximum Gasteiger partial charge on any atom is 0.222 e. The summed E-state index contributed by atoms with van der Waals surface area (Å²) >= 11 is 0. The number of rotatable bonds is 5. The van der Waals surface area contributed by atoms with Crippen LogP contribution < -0.4 is 11.1 Å². The van der Waals surface area contributed by atoms with Gasteiger partial charge in [0.05, 0.1) is 12.1 Å². The highest BCUT2D eigenvalue weighted by atomic mass is 16.3. The number of carbonyl (C=O) groups excluding carboxylic acids is 1. The molecule has 0 aromatic heterocycles. The molecule has 0 spiro atoms. The van der Waals surface area contributed by atoms with Crippen molar-refractivity contribution in [1.29, 1.82) is 0 Å². The van der Waals surface area contributed by atoms with E-state index in [2.05, 4.69) is 5.32 Å². The molecule has 0 fully saturated rings. The van der Waals surface area contributed by atoms with Crippen molar-refractivity contribution < 1.29 is 9.90 Å². The molecule has 0 aliphatic carbocycles. The lowest BCUT2D eigenvalue weighted by atomic mass is 9.85. The van der Waals surface area contributed by atoms with Crippen molar-refractivity contribution in [3.05, 3.63) is 0 Å². The van der Waals surface area contributed by atoms with E-state index in [-0.39, 0.29) is 24.0 Å². The second-order valence-corrected chi connectivity index (χ2v) is 5.80. The van der Waals surface area contributed by atoms with E-state index < -0.39 is 5.54 Å². The second-order valence-electron chi connectivity index (χ2n) is 5.80. The normalized spacial score (nSPS) is 17.7. The number of amides is 1. The molecule has 0 aliphatic rings. The number of carbonyl (C=O) groups is 1. The summed E-state index contributed by atoms with van der Waals surface area (Å²) in [5.41, 5.74) is 5.31. The zero-order chi connectivity index (χ0) is 13.0. The molecule has 0 radical (unpaired) electrons. The molecule has 4 N–H and O–H groups in total. The van der Waals surface area contributed by atoms with Crippen LogP contribution in [0, 0.1) is 5.41 Å². The van der Waals surface area contributed by atoms with Crippen molar-refractivity contribution >= 4 is 5.91 Å². The average Bonchev–Trinajstić information content (AvgIpc) is 2.15. The predicted octanol–water partition coefficient (Wildman–Crippen LogP) is 1.03. The number of hydrogen-bond acceptors (Lipinski definition) is 3. The standard InChI is InChI=1S/C12H26N2O2/c1-6-12(5,8-15)14-10(16)7-9(13)11(2,3)4/h9,15H,6-8,13H2,1-5H3,(H,14,16). The van der Waals surface area contributed by atoms with Crippen molar-refractivity contribution in [2.45, 2.75) is 59.0 Å². The summed E-state index contributed by atoms with van der Waals surface area (Å²) in [4.78, 5) is 11.7. The highest BCUT2D eigenvalue weighted by molar-refractivity contribution is 5.77. The van der Waals surface area contributed by atoms with Crippen LogP contribution in [0.25, 0.3) is 0 Å². The fourth-order valence-electron chi connectivity index (χ4n) is 1.13. The first kappa shape index (κ1) is 15.4. The van der Waals surface area contributed by atoms with E-state index in [4.69, 9.17) is 5.73 Å². The minimum Gasteiger partial charge on any atom is -0.394 e. The van der Waals surface area contributed by atoms with Gasteiger partial charge >= 0.3 is 0 Å². The van der Waals surface area contributed by atoms with Crippen LogP contribution in [0.2, 0.25) is 0 Å². The number of aliphatic hydroxyl groups excluding tert-OH is 1. The lowest BCUT2D eigenvalue weighted by Crippen LogP contribution is -2.50. The molecule has 16 heavy (non-hydrogen) atoms. The van der Waals surface area contributed by atoms with Crippen molar-refractivity contribution in [3.8, 4) is 0 Å². The summed E-state index contributed by atoms with van der Waals surface area (Å²) in [5.74, 6) is -0.0965. The van der Waals surface area contributed by atoms with Gasteiger partial charge in [0.25, 0.3) is 0 Å². The molecule has 2 atom stereocenters. The highest BCUT2D eigenvalue weighted by Gasteiger charge is 2.27. The van der Waals surface area contributed by atoms with E-state index >= 15 is 0 Å². The van der Waals surface area contributed by atoms with Gasteiger partial charge in [-0.1, -0.05) is 27.7 Å². The molecular weight excluding hydrogens is 204 g/mol. The molecule has 96 valence electrons. The first-order valence-electron chi connectivity index (χ1n) is 5.82. The molecule has 0 bridgehead atoms.